The van der Waals surface area contributed by atoms with Gasteiger partial charge in [-0.05, 0) is 23.8 Å². The van der Waals surface area contributed by atoms with Crippen LogP contribution in [0, 0.1) is 0 Å². The van der Waals surface area contributed by atoms with E-state index in [4.69, 9.17) is 9.47 Å². The second-order valence-electron chi connectivity index (χ2n) is 5.76. The van der Waals surface area contributed by atoms with Crippen molar-refractivity contribution in [2.24, 2.45) is 0 Å². The van der Waals surface area contributed by atoms with Gasteiger partial charge in [0.2, 0.25) is 5.91 Å². The average molecular weight is 389 g/mol. The summed E-state index contributed by atoms with van der Waals surface area (Å²) in [6.07, 6.45) is 0.475. The highest BCUT2D eigenvalue weighted by molar-refractivity contribution is 7.99. The van der Waals surface area contributed by atoms with Gasteiger partial charge in [-0.3, -0.25) is 4.79 Å². The Bertz CT molecular complexity index is 766. The highest BCUT2D eigenvalue weighted by Gasteiger charge is 2.20. The maximum atomic E-state index is 12.1. The summed E-state index contributed by atoms with van der Waals surface area (Å²) in [5, 5.41) is 11.9. The Morgan fingerprint density at radius 1 is 1.07 bits per heavy atom. The minimum Gasteiger partial charge on any atom is -0.493 e. The van der Waals surface area contributed by atoms with E-state index < -0.39 is 12.0 Å². The molecule has 2 aromatic carbocycles. The fraction of sp³-hybridized carbons (Fsp3) is 0.300. The quantitative estimate of drug-likeness (QED) is 0.608. The van der Waals surface area contributed by atoms with Gasteiger partial charge >= 0.3 is 5.97 Å². The largest absolute Gasteiger partial charge is 0.493 e. The van der Waals surface area contributed by atoms with Crippen LogP contribution in [0.25, 0.3) is 0 Å². The van der Waals surface area contributed by atoms with E-state index in [0.29, 0.717) is 17.3 Å². The molecule has 0 fully saturated rings. The monoisotopic (exact) mass is 389 g/mol. The van der Waals surface area contributed by atoms with Crippen LogP contribution in [-0.4, -0.2) is 43.0 Å². The summed E-state index contributed by atoms with van der Waals surface area (Å²) in [7, 11) is 3.14. The predicted molar refractivity (Wildman–Crippen MR) is 105 cm³/mol. The zero-order valence-electron chi connectivity index (χ0n) is 15.3. The van der Waals surface area contributed by atoms with Gasteiger partial charge < -0.3 is 19.9 Å². The molecular weight excluding hydrogens is 366 g/mol. The van der Waals surface area contributed by atoms with E-state index in [9.17, 15) is 14.7 Å². The van der Waals surface area contributed by atoms with Crippen molar-refractivity contribution in [3.05, 3.63) is 54.1 Å². The number of ether oxygens (including phenoxy) is 2. The zero-order valence-corrected chi connectivity index (χ0v) is 16.1. The van der Waals surface area contributed by atoms with Gasteiger partial charge in [0, 0.05) is 23.5 Å². The van der Waals surface area contributed by atoms with Gasteiger partial charge in [0.05, 0.1) is 14.2 Å². The SMILES string of the molecule is COc1ccc(SCCC(=O)N[C@@H](Cc2ccccc2)C(=O)O)cc1OC. The van der Waals surface area contributed by atoms with Gasteiger partial charge in [-0.2, -0.15) is 0 Å². The van der Waals surface area contributed by atoms with E-state index in [1.165, 1.54) is 11.8 Å². The maximum Gasteiger partial charge on any atom is 0.326 e. The zero-order chi connectivity index (χ0) is 19.6. The summed E-state index contributed by atoms with van der Waals surface area (Å²) in [5.74, 6) is 0.468. The maximum absolute atomic E-state index is 12.1. The number of methoxy groups -OCH3 is 2. The summed E-state index contributed by atoms with van der Waals surface area (Å²) in [6, 6.07) is 13.8. The van der Waals surface area contributed by atoms with Crippen molar-refractivity contribution in [2.45, 2.75) is 23.8 Å². The Kier molecular flexibility index (Phi) is 8.00. The number of amides is 1. The molecule has 0 aliphatic rings. The third-order valence-corrected chi connectivity index (χ3v) is 4.86. The molecule has 1 amide bonds. The second-order valence-corrected chi connectivity index (χ2v) is 6.93. The average Bonchev–Trinajstić information content (AvgIpc) is 2.68. The number of carboxylic acids is 1. The van der Waals surface area contributed by atoms with Crippen LogP contribution >= 0.6 is 11.8 Å². The predicted octanol–water partition coefficient (Wildman–Crippen LogP) is 3.00. The molecule has 0 saturated carbocycles. The van der Waals surface area contributed by atoms with Gasteiger partial charge in [-0.1, -0.05) is 30.3 Å². The number of hydrogen-bond acceptors (Lipinski definition) is 5. The number of thioether (sulfide) groups is 1. The van der Waals surface area contributed by atoms with E-state index in [2.05, 4.69) is 5.32 Å². The third kappa shape index (κ3) is 6.53. The van der Waals surface area contributed by atoms with Gasteiger partial charge in [-0.25, -0.2) is 4.79 Å². The lowest BCUT2D eigenvalue weighted by Crippen LogP contribution is -2.42. The van der Waals surface area contributed by atoms with Crippen LogP contribution in [0.15, 0.2) is 53.4 Å². The topological polar surface area (TPSA) is 84.9 Å². The molecule has 0 saturated heterocycles. The number of hydrogen-bond donors (Lipinski definition) is 2. The lowest BCUT2D eigenvalue weighted by atomic mass is 10.1. The smallest absolute Gasteiger partial charge is 0.326 e. The number of aliphatic carboxylic acids is 1. The lowest BCUT2D eigenvalue weighted by molar-refractivity contribution is -0.141. The number of rotatable bonds is 10. The molecule has 7 heteroatoms. The Balaban J connectivity index is 1.84. The number of carbonyl (C=O) groups is 2. The van der Waals surface area contributed by atoms with Crippen molar-refractivity contribution < 1.29 is 24.2 Å². The van der Waals surface area contributed by atoms with Crippen LogP contribution in [0.4, 0.5) is 0 Å². The van der Waals surface area contributed by atoms with Crippen molar-refractivity contribution in [3.8, 4) is 11.5 Å². The molecule has 0 unspecified atom stereocenters. The Morgan fingerprint density at radius 2 is 1.78 bits per heavy atom. The summed E-state index contributed by atoms with van der Waals surface area (Å²) >= 11 is 1.49. The molecular formula is C20H23NO5S. The van der Waals surface area contributed by atoms with Gasteiger partial charge in [0.25, 0.3) is 0 Å². The lowest BCUT2D eigenvalue weighted by Gasteiger charge is -2.14. The molecule has 27 heavy (non-hydrogen) atoms. The van der Waals surface area contributed by atoms with Gasteiger partial charge in [0.15, 0.2) is 11.5 Å². The number of carboxylic acid groups (broad SMARTS) is 1. The van der Waals surface area contributed by atoms with E-state index in [1.54, 1.807) is 14.2 Å². The normalized spacial score (nSPS) is 11.5. The Labute approximate surface area is 162 Å². The second kappa shape index (κ2) is 10.5. The van der Waals surface area contributed by atoms with Crippen molar-refractivity contribution in [1.29, 1.82) is 0 Å². The first-order chi connectivity index (χ1) is 13.0. The van der Waals surface area contributed by atoms with E-state index in [0.717, 1.165) is 10.5 Å². The number of nitrogens with one attached hydrogen (secondary N) is 1. The van der Waals surface area contributed by atoms with Crippen LogP contribution in [0.2, 0.25) is 0 Å². The molecule has 2 rings (SSSR count). The first kappa shape index (κ1) is 20.6. The molecule has 0 spiro atoms. The first-order valence-corrected chi connectivity index (χ1v) is 9.43. The van der Waals surface area contributed by atoms with Crippen LogP contribution in [0.5, 0.6) is 11.5 Å². The first-order valence-electron chi connectivity index (χ1n) is 8.44. The van der Waals surface area contributed by atoms with Crippen LogP contribution < -0.4 is 14.8 Å². The standard InChI is InChI=1S/C20H23NO5S/c1-25-17-9-8-15(13-18(17)26-2)27-11-10-19(22)21-16(20(23)24)12-14-6-4-3-5-7-14/h3-9,13,16H,10-12H2,1-2H3,(H,21,22)(H,23,24)/t16-/m0/s1. The molecule has 2 N–H and O–H groups in total. The summed E-state index contributed by atoms with van der Waals surface area (Å²) < 4.78 is 10.5. The molecule has 0 aliphatic heterocycles. The van der Waals surface area contributed by atoms with Crippen molar-refractivity contribution in [1.82, 2.24) is 5.32 Å². The molecule has 0 bridgehead atoms. The third-order valence-electron chi connectivity index (χ3n) is 3.87. The van der Waals surface area contributed by atoms with E-state index >= 15 is 0 Å². The minimum atomic E-state index is -1.04. The molecule has 0 heterocycles. The molecule has 0 radical (unpaired) electrons. The van der Waals surface area contributed by atoms with Crippen LogP contribution in [0.1, 0.15) is 12.0 Å². The van der Waals surface area contributed by atoms with Gasteiger partial charge in [-0.15, -0.1) is 11.8 Å². The van der Waals surface area contributed by atoms with Crippen molar-refractivity contribution >= 4 is 23.6 Å². The number of carbonyl (C=O) groups excluding carboxylic acids is 1. The Hall–Kier alpha value is -2.67. The van der Waals surface area contributed by atoms with Crippen molar-refractivity contribution in [2.75, 3.05) is 20.0 Å². The molecule has 1 atom stereocenters. The van der Waals surface area contributed by atoms with Gasteiger partial charge in [0.1, 0.15) is 6.04 Å². The van der Waals surface area contributed by atoms with E-state index in [-0.39, 0.29) is 18.7 Å². The molecule has 2 aromatic rings. The highest BCUT2D eigenvalue weighted by atomic mass is 32.2. The highest BCUT2D eigenvalue weighted by Crippen LogP contribution is 2.31. The minimum absolute atomic E-state index is 0.220. The van der Waals surface area contributed by atoms with Crippen LogP contribution in [-0.2, 0) is 16.0 Å². The number of benzene rings is 2. The molecule has 144 valence electrons. The van der Waals surface area contributed by atoms with E-state index in [1.807, 2.05) is 48.5 Å². The molecule has 0 aromatic heterocycles. The van der Waals surface area contributed by atoms with Crippen molar-refractivity contribution in [3.63, 3.8) is 0 Å². The summed E-state index contributed by atoms with van der Waals surface area (Å²) in [6.45, 7) is 0. The molecule has 6 nitrogen and oxygen atoms in total. The summed E-state index contributed by atoms with van der Waals surface area (Å²) in [4.78, 5) is 24.5. The van der Waals surface area contributed by atoms with Crippen LogP contribution in [0.3, 0.4) is 0 Å². The fourth-order valence-corrected chi connectivity index (χ4v) is 3.36. The summed E-state index contributed by atoms with van der Waals surface area (Å²) in [5.41, 5.74) is 0.866. The molecule has 0 aliphatic carbocycles. The fourth-order valence-electron chi connectivity index (χ4n) is 2.48. The Morgan fingerprint density at radius 3 is 2.41 bits per heavy atom.